The molecule has 0 amide bonds. The summed E-state index contributed by atoms with van der Waals surface area (Å²) in [4.78, 5) is 14.6. The van der Waals surface area contributed by atoms with Gasteiger partial charge in [0.15, 0.2) is 0 Å². The monoisotopic (exact) mass is 263 g/mol. The molecule has 0 saturated carbocycles. The molecule has 0 unspecified atom stereocenters. The lowest BCUT2D eigenvalue weighted by molar-refractivity contribution is -0.136. The second-order valence-electron chi connectivity index (χ2n) is 3.80. The van der Waals surface area contributed by atoms with Gasteiger partial charge in [-0.15, -0.1) is 0 Å². The van der Waals surface area contributed by atoms with Crippen molar-refractivity contribution in [1.29, 1.82) is 0 Å². The number of methoxy groups -OCH3 is 2. The Morgan fingerprint density at radius 2 is 1.89 bits per heavy atom. The molecule has 0 radical (unpaired) electrons. The van der Waals surface area contributed by atoms with E-state index in [1.54, 1.807) is 32.4 Å². The lowest BCUT2D eigenvalue weighted by Crippen LogP contribution is -1.97. The molecule has 0 aliphatic heterocycles. The highest BCUT2D eigenvalue weighted by Crippen LogP contribution is 2.29. The molecule has 0 aliphatic rings. The van der Waals surface area contributed by atoms with Gasteiger partial charge in [-0.2, -0.15) is 0 Å². The minimum absolute atomic E-state index is 0.200. The van der Waals surface area contributed by atoms with E-state index < -0.39 is 5.97 Å². The summed E-state index contributed by atoms with van der Waals surface area (Å²) in [5.41, 5.74) is 0.660. The van der Waals surface area contributed by atoms with E-state index in [-0.39, 0.29) is 6.42 Å². The van der Waals surface area contributed by atoms with Crippen LogP contribution in [0.1, 0.15) is 5.76 Å². The van der Waals surface area contributed by atoms with Gasteiger partial charge < -0.3 is 19.0 Å². The lowest BCUT2D eigenvalue weighted by Gasteiger charge is -2.06. The van der Waals surface area contributed by atoms with Crippen LogP contribution in [-0.2, 0) is 11.2 Å². The molecule has 2 rings (SSSR count). The fraction of sp³-hybridized carbons (Fsp3) is 0.231. The smallest absolute Gasteiger partial charge is 0.311 e. The van der Waals surface area contributed by atoms with Crippen LogP contribution in [0.25, 0.3) is 11.5 Å². The maximum Gasteiger partial charge on any atom is 0.311 e. The molecule has 1 aromatic carbocycles. The first-order valence-electron chi connectivity index (χ1n) is 5.52. The van der Waals surface area contributed by atoms with E-state index in [0.29, 0.717) is 28.7 Å². The molecule has 0 spiro atoms. The average molecular weight is 263 g/mol. The molecule has 0 saturated heterocycles. The van der Waals surface area contributed by atoms with Gasteiger partial charge in [-0.05, 0) is 12.1 Å². The van der Waals surface area contributed by atoms with Gasteiger partial charge in [0.05, 0.1) is 20.4 Å². The van der Waals surface area contributed by atoms with Crippen molar-refractivity contribution in [1.82, 2.24) is 4.98 Å². The van der Waals surface area contributed by atoms with Gasteiger partial charge in [-0.3, -0.25) is 4.79 Å². The highest BCUT2D eigenvalue weighted by molar-refractivity contribution is 5.69. The van der Waals surface area contributed by atoms with Crippen LogP contribution in [0.15, 0.2) is 28.8 Å². The number of rotatable bonds is 5. The Hall–Kier alpha value is -2.50. The van der Waals surface area contributed by atoms with E-state index in [0.717, 1.165) is 0 Å². The molecular formula is C13H13NO5. The molecule has 2 aromatic rings. The largest absolute Gasteiger partial charge is 0.497 e. The van der Waals surface area contributed by atoms with Crippen molar-refractivity contribution in [2.24, 2.45) is 0 Å². The molecule has 0 aliphatic carbocycles. The number of oxazole rings is 1. The van der Waals surface area contributed by atoms with Crippen molar-refractivity contribution in [3.63, 3.8) is 0 Å². The predicted molar refractivity (Wildman–Crippen MR) is 66.4 cm³/mol. The summed E-state index contributed by atoms with van der Waals surface area (Å²) in [5.74, 6) is 0.864. The maximum atomic E-state index is 10.6. The lowest BCUT2D eigenvalue weighted by atomic mass is 10.2. The number of hydrogen-bond acceptors (Lipinski definition) is 5. The van der Waals surface area contributed by atoms with Crippen LogP contribution < -0.4 is 9.47 Å². The van der Waals surface area contributed by atoms with Gasteiger partial charge in [0.25, 0.3) is 0 Å². The van der Waals surface area contributed by atoms with E-state index in [1.807, 2.05) is 0 Å². The standard InChI is InChI=1S/C13H13NO5/c1-17-9-3-8(4-10(5-9)18-2)13-14-7-11(19-13)6-12(15)16/h3-5,7H,6H2,1-2H3,(H,15,16). The number of aromatic nitrogens is 1. The molecule has 0 atom stereocenters. The zero-order valence-corrected chi connectivity index (χ0v) is 10.5. The minimum Gasteiger partial charge on any atom is -0.497 e. The molecule has 100 valence electrons. The van der Waals surface area contributed by atoms with E-state index in [2.05, 4.69) is 4.98 Å². The van der Waals surface area contributed by atoms with Crippen molar-refractivity contribution in [2.75, 3.05) is 14.2 Å². The minimum atomic E-state index is -0.967. The van der Waals surface area contributed by atoms with E-state index in [1.165, 1.54) is 6.20 Å². The first-order chi connectivity index (χ1) is 9.12. The SMILES string of the molecule is COc1cc(OC)cc(-c2ncc(CC(=O)O)o2)c1. The van der Waals surface area contributed by atoms with Crippen LogP contribution in [0.2, 0.25) is 0 Å². The first-order valence-corrected chi connectivity index (χ1v) is 5.52. The van der Waals surface area contributed by atoms with Crippen LogP contribution in [-0.4, -0.2) is 30.3 Å². The summed E-state index contributed by atoms with van der Waals surface area (Å²) in [5, 5.41) is 8.68. The summed E-state index contributed by atoms with van der Waals surface area (Å²) in [6.45, 7) is 0. The summed E-state index contributed by atoms with van der Waals surface area (Å²) in [6.07, 6.45) is 1.20. The van der Waals surface area contributed by atoms with Crippen LogP contribution in [0.3, 0.4) is 0 Å². The fourth-order valence-corrected chi connectivity index (χ4v) is 1.60. The van der Waals surface area contributed by atoms with Crippen LogP contribution in [0.4, 0.5) is 0 Å². The summed E-state index contributed by atoms with van der Waals surface area (Å²) in [7, 11) is 3.09. The zero-order valence-electron chi connectivity index (χ0n) is 10.5. The second kappa shape index (κ2) is 5.43. The van der Waals surface area contributed by atoms with Gasteiger partial charge in [-0.1, -0.05) is 0 Å². The van der Waals surface area contributed by atoms with Crippen molar-refractivity contribution >= 4 is 5.97 Å². The van der Waals surface area contributed by atoms with E-state index in [9.17, 15) is 4.79 Å². The molecule has 1 N–H and O–H groups in total. The Labute approximate surface area is 109 Å². The number of aliphatic carboxylic acids is 1. The molecule has 1 heterocycles. The molecule has 6 heteroatoms. The molecule has 0 bridgehead atoms. The van der Waals surface area contributed by atoms with Gasteiger partial charge in [-0.25, -0.2) is 4.98 Å². The van der Waals surface area contributed by atoms with Crippen LogP contribution in [0, 0.1) is 0 Å². The third-order valence-corrected chi connectivity index (χ3v) is 2.48. The topological polar surface area (TPSA) is 81.8 Å². The fourth-order valence-electron chi connectivity index (χ4n) is 1.60. The Morgan fingerprint density at radius 3 is 2.42 bits per heavy atom. The van der Waals surface area contributed by atoms with E-state index in [4.69, 9.17) is 19.0 Å². The number of carbonyl (C=O) groups is 1. The van der Waals surface area contributed by atoms with Gasteiger partial charge in [0.1, 0.15) is 23.7 Å². The second-order valence-corrected chi connectivity index (χ2v) is 3.80. The normalized spacial score (nSPS) is 10.2. The summed E-state index contributed by atoms with van der Waals surface area (Å²) in [6, 6.07) is 5.20. The molecular weight excluding hydrogens is 250 g/mol. The Morgan fingerprint density at radius 1 is 1.26 bits per heavy atom. The number of nitrogens with zero attached hydrogens (tertiary/aromatic N) is 1. The maximum absolute atomic E-state index is 10.6. The summed E-state index contributed by atoms with van der Waals surface area (Å²) >= 11 is 0. The van der Waals surface area contributed by atoms with E-state index >= 15 is 0 Å². The predicted octanol–water partition coefficient (Wildman–Crippen LogP) is 1.99. The van der Waals surface area contributed by atoms with Crippen molar-refractivity contribution < 1.29 is 23.8 Å². The van der Waals surface area contributed by atoms with Gasteiger partial charge in [0.2, 0.25) is 5.89 Å². The Bertz CT molecular complexity index is 568. The Kier molecular flexibility index (Phi) is 3.70. The highest BCUT2D eigenvalue weighted by atomic mass is 16.5. The number of benzene rings is 1. The third-order valence-electron chi connectivity index (χ3n) is 2.48. The quantitative estimate of drug-likeness (QED) is 0.888. The third kappa shape index (κ3) is 3.04. The molecule has 0 fully saturated rings. The Balaban J connectivity index is 2.35. The number of ether oxygens (including phenoxy) is 2. The van der Waals surface area contributed by atoms with Gasteiger partial charge in [0, 0.05) is 11.6 Å². The van der Waals surface area contributed by atoms with Crippen molar-refractivity contribution in [3.8, 4) is 23.0 Å². The summed E-state index contributed by atoms with van der Waals surface area (Å²) < 4.78 is 15.7. The van der Waals surface area contributed by atoms with Crippen LogP contribution >= 0.6 is 0 Å². The van der Waals surface area contributed by atoms with Crippen LogP contribution in [0.5, 0.6) is 11.5 Å². The first kappa shape index (κ1) is 12.9. The molecule has 1 aromatic heterocycles. The highest BCUT2D eigenvalue weighted by Gasteiger charge is 2.12. The molecule has 6 nitrogen and oxygen atoms in total. The number of hydrogen-bond donors (Lipinski definition) is 1. The van der Waals surface area contributed by atoms with Gasteiger partial charge >= 0.3 is 5.97 Å². The number of carboxylic acids is 1. The average Bonchev–Trinajstić information content (AvgIpc) is 2.85. The zero-order chi connectivity index (χ0) is 13.8. The number of carboxylic acid groups (broad SMARTS) is 1. The van der Waals surface area contributed by atoms with Crippen molar-refractivity contribution in [3.05, 3.63) is 30.2 Å². The van der Waals surface area contributed by atoms with Crippen molar-refractivity contribution in [2.45, 2.75) is 6.42 Å². The molecule has 19 heavy (non-hydrogen) atoms.